The summed E-state index contributed by atoms with van der Waals surface area (Å²) in [5.74, 6) is 0.192. The quantitative estimate of drug-likeness (QED) is 0.183. The number of rotatable bonds is 5. The lowest BCUT2D eigenvalue weighted by Crippen LogP contribution is -2.00. The molecule has 0 aliphatic carbocycles. The maximum atomic E-state index is 9.67. The summed E-state index contributed by atoms with van der Waals surface area (Å²) in [4.78, 5) is 14.4. The van der Waals surface area contributed by atoms with Gasteiger partial charge in [-0.15, -0.1) is 11.3 Å². The van der Waals surface area contributed by atoms with Crippen LogP contribution in [0.3, 0.4) is 0 Å². The maximum Gasteiger partial charge on any atom is 0.164 e. The maximum absolute atomic E-state index is 9.67. The van der Waals surface area contributed by atoms with Crippen molar-refractivity contribution < 1.29 is 19.5 Å². The van der Waals surface area contributed by atoms with Gasteiger partial charge < -0.3 is 4.42 Å². The molecule has 0 saturated heterocycles. The molecule has 5 heteroatoms. The van der Waals surface area contributed by atoms with Crippen molar-refractivity contribution in [2.45, 2.75) is 0 Å². The number of hydrogen-bond acceptors (Lipinski definition) is 5. The first-order valence-corrected chi connectivity index (χ1v) is 16.5. The Bertz CT molecular complexity index is 3500. The molecular weight excluding hydrogens is 631 g/mol. The van der Waals surface area contributed by atoms with Gasteiger partial charge >= 0.3 is 0 Å². The molecule has 0 radical (unpaired) electrons. The van der Waals surface area contributed by atoms with Gasteiger partial charge in [-0.25, -0.2) is 15.0 Å². The van der Waals surface area contributed by atoms with Crippen molar-refractivity contribution in [2.24, 2.45) is 0 Å². The fourth-order valence-electron chi connectivity index (χ4n) is 6.14. The van der Waals surface area contributed by atoms with Crippen LogP contribution in [0.4, 0.5) is 0 Å². The van der Waals surface area contributed by atoms with Crippen LogP contribution < -0.4 is 0 Å². The van der Waals surface area contributed by atoms with Crippen LogP contribution in [-0.4, -0.2) is 15.0 Å². The summed E-state index contributed by atoms with van der Waals surface area (Å²) in [7, 11) is 0. The van der Waals surface area contributed by atoms with E-state index in [1.807, 2.05) is 91.0 Å². The number of hydrogen-bond donors (Lipinski definition) is 0. The Morgan fingerprint density at radius 3 is 1.98 bits per heavy atom. The van der Waals surface area contributed by atoms with Crippen LogP contribution in [0.25, 0.3) is 98.5 Å². The van der Waals surface area contributed by atoms with Gasteiger partial charge in [0.1, 0.15) is 11.2 Å². The highest BCUT2D eigenvalue weighted by Crippen LogP contribution is 2.40. The lowest BCUT2D eigenvalue weighted by atomic mass is 10.0. The van der Waals surface area contributed by atoms with Gasteiger partial charge in [0.2, 0.25) is 0 Å². The average molecular weight is 669 g/mol. The molecular formula is C45H27N3OS. The standard InChI is InChI=1S/C45H27N3OS/c1-2-10-28(11-3-1)29-20-22-30(23-21-29)43-46-44(48-45(47-43)33-24-25-36-35-14-4-6-18-39(35)49-40(36)27-33)32-13-8-12-31(26-32)34-16-9-17-38-37-15-5-7-19-41(37)50-42(34)38/h1-27H/i5D,7D,8D,9D,12D,13D,15D,16D,17D,19D,26D. The lowest BCUT2D eigenvalue weighted by Gasteiger charge is -2.10. The number of furan rings is 1. The molecule has 0 unspecified atom stereocenters. The molecule has 50 heavy (non-hydrogen) atoms. The molecule has 0 bridgehead atoms. The summed E-state index contributed by atoms with van der Waals surface area (Å²) in [5, 5.41) is 1.76. The largest absolute Gasteiger partial charge is 0.456 e. The molecule has 7 aromatic carbocycles. The molecule has 234 valence electrons. The molecule has 4 nitrogen and oxygen atoms in total. The minimum atomic E-state index is -0.611. The first kappa shape index (κ1) is 19.5. The molecule has 0 N–H and O–H groups in total. The monoisotopic (exact) mass is 668 g/mol. The number of thiophene rings is 1. The van der Waals surface area contributed by atoms with Gasteiger partial charge in [-0.05, 0) is 52.5 Å². The Morgan fingerprint density at radius 2 is 1.10 bits per heavy atom. The van der Waals surface area contributed by atoms with Gasteiger partial charge in [0, 0.05) is 47.6 Å². The average Bonchev–Trinajstić information content (AvgIpc) is 3.87. The SMILES string of the molecule is [2H]c1c([2H])c(-c2nc(-c3ccc(-c4ccccc4)cc3)nc(-c3ccc4c(c3)oc3ccccc34)n2)c([2H])c(-c2c([2H])c([2H])c([2H])c3c2sc2c([2H])c([2H])c([2H])c([2H])c23)c1[2H]. The molecule has 0 amide bonds. The van der Waals surface area contributed by atoms with Gasteiger partial charge in [0.05, 0.1) is 15.1 Å². The van der Waals surface area contributed by atoms with Crippen molar-refractivity contribution in [1.82, 2.24) is 15.0 Å². The molecule has 0 spiro atoms. The highest BCUT2D eigenvalue weighted by Gasteiger charge is 2.16. The van der Waals surface area contributed by atoms with E-state index in [0.717, 1.165) is 33.2 Å². The van der Waals surface area contributed by atoms with Crippen LogP contribution in [0.5, 0.6) is 0 Å². The molecule has 0 atom stereocenters. The second-order valence-electron chi connectivity index (χ2n) is 11.6. The van der Waals surface area contributed by atoms with Crippen molar-refractivity contribution in [1.29, 1.82) is 0 Å². The fraction of sp³-hybridized carbons (Fsp3) is 0. The van der Waals surface area contributed by atoms with Crippen molar-refractivity contribution in [3.8, 4) is 56.4 Å². The summed E-state index contributed by atoms with van der Waals surface area (Å²) >= 11 is 0.855. The van der Waals surface area contributed by atoms with Gasteiger partial charge in [0.15, 0.2) is 17.5 Å². The highest BCUT2D eigenvalue weighted by molar-refractivity contribution is 7.26. The zero-order valence-electron chi connectivity index (χ0n) is 36.9. The highest BCUT2D eigenvalue weighted by atomic mass is 32.1. The van der Waals surface area contributed by atoms with Crippen molar-refractivity contribution in [3.63, 3.8) is 0 Å². The van der Waals surface area contributed by atoms with Crippen LogP contribution in [0, 0.1) is 0 Å². The Hall–Kier alpha value is -6.43. The third kappa shape index (κ3) is 4.87. The van der Waals surface area contributed by atoms with Crippen molar-refractivity contribution in [2.75, 3.05) is 0 Å². The predicted octanol–water partition coefficient (Wildman–Crippen LogP) is 12.5. The van der Waals surface area contributed by atoms with Gasteiger partial charge in [-0.3, -0.25) is 0 Å². The van der Waals surface area contributed by atoms with E-state index in [-0.39, 0.29) is 60.4 Å². The summed E-state index contributed by atoms with van der Waals surface area (Å²) in [6, 6.07) is 24.9. The van der Waals surface area contributed by atoms with E-state index in [1.165, 1.54) is 0 Å². The van der Waals surface area contributed by atoms with Gasteiger partial charge in [-0.2, -0.15) is 0 Å². The normalized spacial score (nSPS) is 14.7. The van der Waals surface area contributed by atoms with Crippen LogP contribution in [0.15, 0.2) is 168 Å². The van der Waals surface area contributed by atoms with E-state index in [0.29, 0.717) is 22.3 Å². The Morgan fingerprint density at radius 1 is 0.460 bits per heavy atom. The Kier molecular flexibility index (Phi) is 4.54. The van der Waals surface area contributed by atoms with Crippen LogP contribution in [0.2, 0.25) is 0 Å². The summed E-state index contributed by atoms with van der Waals surface area (Å²) in [6.45, 7) is 0. The molecule has 0 saturated carbocycles. The summed E-state index contributed by atoms with van der Waals surface area (Å²) < 4.78 is 104. The zero-order valence-corrected chi connectivity index (χ0v) is 26.7. The fourth-order valence-corrected chi connectivity index (χ4v) is 7.21. The smallest absolute Gasteiger partial charge is 0.164 e. The molecule has 0 aliphatic rings. The first-order valence-electron chi connectivity index (χ1n) is 21.2. The molecule has 3 heterocycles. The third-order valence-corrected chi connectivity index (χ3v) is 9.68. The van der Waals surface area contributed by atoms with E-state index in [1.54, 1.807) is 6.07 Å². The Labute approximate surface area is 307 Å². The summed E-state index contributed by atoms with van der Waals surface area (Å²) in [5.41, 5.74) is 3.61. The van der Waals surface area contributed by atoms with Crippen molar-refractivity contribution >= 4 is 53.4 Å². The Balaban J connectivity index is 1.24. The number of fused-ring (bicyclic) bond motifs is 6. The molecule has 10 aromatic rings. The van der Waals surface area contributed by atoms with E-state index in [4.69, 9.17) is 33.1 Å². The predicted molar refractivity (Wildman–Crippen MR) is 207 cm³/mol. The third-order valence-electron chi connectivity index (χ3n) is 8.56. The zero-order chi connectivity index (χ0) is 42.6. The number of nitrogens with zero attached hydrogens (tertiary/aromatic N) is 3. The van der Waals surface area contributed by atoms with E-state index in [9.17, 15) is 1.37 Å². The summed E-state index contributed by atoms with van der Waals surface area (Å²) in [6.07, 6.45) is 0. The second kappa shape index (κ2) is 11.6. The first-order chi connectivity index (χ1) is 29.3. The van der Waals surface area contributed by atoms with Crippen LogP contribution in [0.1, 0.15) is 15.1 Å². The second-order valence-corrected chi connectivity index (χ2v) is 12.6. The molecule has 0 aliphatic heterocycles. The van der Waals surface area contributed by atoms with Crippen LogP contribution in [-0.2, 0) is 0 Å². The minimum absolute atomic E-state index is 0.0151. The van der Waals surface area contributed by atoms with Gasteiger partial charge in [0.25, 0.3) is 0 Å². The number of para-hydroxylation sites is 1. The van der Waals surface area contributed by atoms with E-state index in [2.05, 4.69) is 0 Å². The molecule has 0 fully saturated rings. The molecule has 3 aromatic heterocycles. The molecule has 10 rings (SSSR count). The van der Waals surface area contributed by atoms with E-state index < -0.39 is 60.4 Å². The van der Waals surface area contributed by atoms with Crippen molar-refractivity contribution in [3.05, 3.63) is 164 Å². The minimum Gasteiger partial charge on any atom is -0.456 e. The lowest BCUT2D eigenvalue weighted by molar-refractivity contribution is 0.669. The topological polar surface area (TPSA) is 51.8 Å². The van der Waals surface area contributed by atoms with E-state index >= 15 is 0 Å². The number of aromatic nitrogens is 3. The van der Waals surface area contributed by atoms with Gasteiger partial charge in [-0.1, -0.05) is 133 Å². The van der Waals surface area contributed by atoms with Crippen LogP contribution >= 0.6 is 11.3 Å². The number of benzene rings is 7.